The predicted molar refractivity (Wildman–Crippen MR) is 72.1 cm³/mol. The van der Waals surface area contributed by atoms with Gasteiger partial charge < -0.3 is 10.6 Å². The fourth-order valence-electron chi connectivity index (χ4n) is 2.70. The molecule has 1 aromatic heterocycles. The Balaban J connectivity index is 2.29. The number of nitrogens with two attached hydrogens (primary N) is 1. The van der Waals surface area contributed by atoms with E-state index in [1.54, 1.807) is 0 Å². The number of nitrogens with zero attached hydrogens (tertiary/aromatic N) is 2. The van der Waals surface area contributed by atoms with E-state index in [1.165, 1.54) is 12.8 Å². The molecule has 0 saturated carbocycles. The highest BCUT2D eigenvalue weighted by Gasteiger charge is 2.25. The fourth-order valence-corrected chi connectivity index (χ4v) is 2.70. The molecule has 2 atom stereocenters. The van der Waals surface area contributed by atoms with E-state index < -0.39 is 0 Å². The van der Waals surface area contributed by atoms with Crippen LogP contribution in [0.5, 0.6) is 0 Å². The topological polar surface area (TPSA) is 42.1 Å². The Kier molecular flexibility index (Phi) is 3.67. The molecule has 94 valence electrons. The molecule has 0 spiro atoms. The van der Waals surface area contributed by atoms with E-state index in [1.807, 2.05) is 13.0 Å². The van der Waals surface area contributed by atoms with E-state index in [2.05, 4.69) is 29.8 Å². The van der Waals surface area contributed by atoms with Gasteiger partial charge in [0.1, 0.15) is 5.82 Å². The minimum atomic E-state index is 0.568. The molecule has 1 aliphatic rings. The van der Waals surface area contributed by atoms with Gasteiger partial charge in [0, 0.05) is 30.4 Å². The monoisotopic (exact) mass is 233 g/mol. The van der Waals surface area contributed by atoms with Gasteiger partial charge in [-0.15, -0.1) is 0 Å². The van der Waals surface area contributed by atoms with Crippen molar-refractivity contribution < 1.29 is 0 Å². The third-order valence-electron chi connectivity index (χ3n) is 3.73. The summed E-state index contributed by atoms with van der Waals surface area (Å²) in [5.41, 5.74) is 8.05. The molecule has 3 nitrogen and oxygen atoms in total. The number of aryl methyl sites for hydroxylation is 1. The Morgan fingerprint density at radius 1 is 1.41 bits per heavy atom. The van der Waals surface area contributed by atoms with Crippen molar-refractivity contribution in [1.29, 1.82) is 0 Å². The Morgan fingerprint density at radius 2 is 2.18 bits per heavy atom. The van der Waals surface area contributed by atoms with E-state index in [-0.39, 0.29) is 0 Å². The van der Waals surface area contributed by atoms with Crippen molar-refractivity contribution in [2.45, 2.75) is 46.2 Å². The molecule has 2 rings (SSSR count). The average molecular weight is 233 g/mol. The molecule has 0 bridgehead atoms. The first-order chi connectivity index (χ1) is 8.11. The van der Waals surface area contributed by atoms with Crippen molar-refractivity contribution in [2.75, 3.05) is 11.4 Å². The SMILES string of the molecule is Cc1ccc(CN)c(N2CCC(C)CC2C)n1. The van der Waals surface area contributed by atoms with Crippen LogP contribution in [0.2, 0.25) is 0 Å². The van der Waals surface area contributed by atoms with Crippen molar-refractivity contribution in [2.24, 2.45) is 11.7 Å². The first-order valence-electron chi connectivity index (χ1n) is 6.55. The molecule has 2 heterocycles. The van der Waals surface area contributed by atoms with Gasteiger partial charge in [-0.2, -0.15) is 0 Å². The van der Waals surface area contributed by atoms with Crippen molar-refractivity contribution in [3.05, 3.63) is 23.4 Å². The van der Waals surface area contributed by atoms with E-state index in [0.29, 0.717) is 12.6 Å². The maximum absolute atomic E-state index is 5.81. The Morgan fingerprint density at radius 3 is 2.82 bits per heavy atom. The predicted octanol–water partition coefficient (Wildman–Crippen LogP) is 2.47. The molecular formula is C14H23N3. The number of hydrogen-bond donors (Lipinski definition) is 1. The smallest absolute Gasteiger partial charge is 0.133 e. The van der Waals surface area contributed by atoms with Crippen LogP contribution >= 0.6 is 0 Å². The molecule has 2 unspecified atom stereocenters. The van der Waals surface area contributed by atoms with E-state index >= 15 is 0 Å². The van der Waals surface area contributed by atoms with E-state index in [0.717, 1.165) is 29.5 Å². The number of pyridine rings is 1. The quantitative estimate of drug-likeness (QED) is 0.853. The van der Waals surface area contributed by atoms with Gasteiger partial charge >= 0.3 is 0 Å². The van der Waals surface area contributed by atoms with Crippen LogP contribution < -0.4 is 10.6 Å². The molecule has 1 aliphatic heterocycles. The maximum atomic E-state index is 5.81. The Labute approximate surface area is 104 Å². The Hall–Kier alpha value is -1.09. The summed E-state index contributed by atoms with van der Waals surface area (Å²) in [5.74, 6) is 1.93. The van der Waals surface area contributed by atoms with Crippen LogP contribution in [0.4, 0.5) is 5.82 Å². The molecule has 1 saturated heterocycles. The normalized spacial score (nSPS) is 25.1. The summed E-state index contributed by atoms with van der Waals surface area (Å²) in [6.45, 7) is 8.34. The van der Waals surface area contributed by atoms with E-state index in [9.17, 15) is 0 Å². The standard InChI is InChI=1S/C14H23N3/c1-10-6-7-17(12(3)8-10)14-13(9-15)5-4-11(2)16-14/h4-5,10,12H,6-9,15H2,1-3H3. The van der Waals surface area contributed by atoms with Crippen molar-refractivity contribution >= 4 is 5.82 Å². The zero-order valence-corrected chi connectivity index (χ0v) is 11.1. The van der Waals surface area contributed by atoms with Gasteiger partial charge in [-0.25, -0.2) is 4.98 Å². The van der Waals surface area contributed by atoms with Crippen LogP contribution in [0, 0.1) is 12.8 Å². The second-order valence-corrected chi connectivity index (χ2v) is 5.31. The van der Waals surface area contributed by atoms with Gasteiger partial charge in [0.2, 0.25) is 0 Å². The van der Waals surface area contributed by atoms with Gasteiger partial charge in [-0.3, -0.25) is 0 Å². The van der Waals surface area contributed by atoms with Crippen LogP contribution in [-0.2, 0) is 6.54 Å². The molecular weight excluding hydrogens is 210 g/mol. The molecule has 0 amide bonds. The summed E-state index contributed by atoms with van der Waals surface area (Å²) in [6.07, 6.45) is 2.50. The van der Waals surface area contributed by atoms with Crippen LogP contribution in [-0.4, -0.2) is 17.6 Å². The molecule has 3 heteroatoms. The van der Waals surface area contributed by atoms with Gasteiger partial charge in [0.05, 0.1) is 0 Å². The van der Waals surface area contributed by atoms with Crippen molar-refractivity contribution in [3.63, 3.8) is 0 Å². The Bertz CT molecular complexity index is 389. The van der Waals surface area contributed by atoms with Crippen LogP contribution in [0.1, 0.15) is 37.9 Å². The molecule has 17 heavy (non-hydrogen) atoms. The van der Waals surface area contributed by atoms with Gasteiger partial charge in [-0.05, 0) is 38.7 Å². The molecule has 1 fully saturated rings. The van der Waals surface area contributed by atoms with Crippen LogP contribution in [0.3, 0.4) is 0 Å². The summed E-state index contributed by atoms with van der Waals surface area (Å²) >= 11 is 0. The summed E-state index contributed by atoms with van der Waals surface area (Å²) in [5, 5.41) is 0. The number of rotatable bonds is 2. The minimum Gasteiger partial charge on any atom is -0.354 e. The fraction of sp³-hybridized carbons (Fsp3) is 0.643. The number of piperidine rings is 1. The van der Waals surface area contributed by atoms with Crippen LogP contribution in [0.25, 0.3) is 0 Å². The summed E-state index contributed by atoms with van der Waals surface area (Å²) in [4.78, 5) is 7.11. The van der Waals surface area contributed by atoms with Crippen LogP contribution in [0.15, 0.2) is 12.1 Å². The zero-order chi connectivity index (χ0) is 12.4. The molecule has 2 N–H and O–H groups in total. The first-order valence-corrected chi connectivity index (χ1v) is 6.55. The first kappa shape index (κ1) is 12.4. The average Bonchev–Trinajstić information content (AvgIpc) is 2.29. The zero-order valence-electron chi connectivity index (χ0n) is 11.1. The largest absolute Gasteiger partial charge is 0.354 e. The molecule has 1 aromatic rings. The third-order valence-corrected chi connectivity index (χ3v) is 3.73. The number of anilines is 1. The third kappa shape index (κ3) is 2.60. The summed E-state index contributed by atoms with van der Waals surface area (Å²) in [7, 11) is 0. The highest BCUT2D eigenvalue weighted by Crippen LogP contribution is 2.28. The lowest BCUT2D eigenvalue weighted by Gasteiger charge is -2.38. The van der Waals surface area contributed by atoms with Gasteiger partial charge in [0.15, 0.2) is 0 Å². The highest BCUT2D eigenvalue weighted by atomic mass is 15.2. The lowest BCUT2D eigenvalue weighted by molar-refractivity contribution is 0.375. The lowest BCUT2D eigenvalue weighted by atomic mass is 9.93. The molecule has 0 radical (unpaired) electrons. The molecule has 0 aliphatic carbocycles. The highest BCUT2D eigenvalue weighted by molar-refractivity contribution is 5.49. The number of hydrogen-bond acceptors (Lipinski definition) is 3. The van der Waals surface area contributed by atoms with Crippen molar-refractivity contribution in [3.8, 4) is 0 Å². The lowest BCUT2D eigenvalue weighted by Crippen LogP contribution is -2.41. The summed E-state index contributed by atoms with van der Waals surface area (Å²) < 4.78 is 0. The molecule has 0 aromatic carbocycles. The minimum absolute atomic E-state index is 0.568. The maximum Gasteiger partial charge on any atom is 0.133 e. The van der Waals surface area contributed by atoms with Gasteiger partial charge in [-0.1, -0.05) is 13.0 Å². The van der Waals surface area contributed by atoms with E-state index in [4.69, 9.17) is 5.73 Å². The van der Waals surface area contributed by atoms with Gasteiger partial charge in [0.25, 0.3) is 0 Å². The number of aromatic nitrogens is 1. The van der Waals surface area contributed by atoms with Crippen molar-refractivity contribution in [1.82, 2.24) is 4.98 Å². The summed E-state index contributed by atoms with van der Waals surface area (Å²) in [6, 6.07) is 4.73. The second-order valence-electron chi connectivity index (χ2n) is 5.31. The second kappa shape index (κ2) is 5.05.